The molecule has 0 saturated carbocycles. The number of carbonyl (C=O) groups excluding carboxylic acids is 2. The second-order valence-corrected chi connectivity index (χ2v) is 6.03. The Bertz CT molecular complexity index is 716. The molecule has 0 heterocycles. The number of carbonyl (C=O) groups is 2. The van der Waals surface area contributed by atoms with Crippen LogP contribution in [-0.2, 0) is 16.0 Å². The summed E-state index contributed by atoms with van der Waals surface area (Å²) in [6, 6.07) is 14.2. The fourth-order valence-corrected chi connectivity index (χ4v) is 2.36. The zero-order valence-corrected chi connectivity index (χ0v) is 14.5. The van der Waals surface area contributed by atoms with Crippen LogP contribution in [0.25, 0.3) is 0 Å². The molecule has 24 heavy (non-hydrogen) atoms. The van der Waals surface area contributed by atoms with Crippen LogP contribution in [-0.4, -0.2) is 24.3 Å². The van der Waals surface area contributed by atoms with Crippen molar-refractivity contribution >= 4 is 23.3 Å². The highest BCUT2D eigenvalue weighted by Crippen LogP contribution is 2.20. The molecule has 0 aliphatic heterocycles. The molecule has 4 nitrogen and oxygen atoms in total. The van der Waals surface area contributed by atoms with Crippen molar-refractivity contribution in [1.29, 1.82) is 0 Å². The van der Waals surface area contributed by atoms with E-state index in [0.29, 0.717) is 17.2 Å². The highest BCUT2D eigenvalue weighted by molar-refractivity contribution is 6.31. The van der Waals surface area contributed by atoms with Crippen LogP contribution in [0.2, 0.25) is 5.02 Å². The van der Waals surface area contributed by atoms with Crippen LogP contribution in [0.5, 0.6) is 5.75 Å². The second kappa shape index (κ2) is 8.50. The molecule has 0 radical (unpaired) electrons. The van der Waals surface area contributed by atoms with Gasteiger partial charge in [-0.25, -0.2) is 0 Å². The molecule has 2 rings (SSSR count). The predicted molar refractivity (Wildman–Crippen MR) is 94.4 cm³/mol. The van der Waals surface area contributed by atoms with Crippen molar-refractivity contribution in [3.63, 3.8) is 0 Å². The zero-order valence-electron chi connectivity index (χ0n) is 13.7. The van der Waals surface area contributed by atoms with Gasteiger partial charge in [-0.15, -0.1) is 0 Å². The van der Waals surface area contributed by atoms with Crippen LogP contribution in [0.15, 0.2) is 48.5 Å². The molecule has 0 aliphatic rings. The molecule has 0 spiro atoms. The molecule has 0 aromatic heterocycles. The SMILES string of the molecule is CC(=O)[C@@H](Cc1ccccc1)NC(=O)COc1ccc(Cl)c(C)c1. The van der Waals surface area contributed by atoms with Gasteiger partial charge in [0.15, 0.2) is 12.4 Å². The maximum Gasteiger partial charge on any atom is 0.258 e. The maximum absolute atomic E-state index is 12.1. The fraction of sp³-hybridized carbons (Fsp3) is 0.263. The molecule has 1 atom stereocenters. The molecular weight excluding hydrogens is 326 g/mol. The molecule has 2 aromatic rings. The van der Waals surface area contributed by atoms with E-state index in [0.717, 1.165) is 11.1 Å². The first kappa shape index (κ1) is 18.0. The Labute approximate surface area is 146 Å². The number of aryl methyl sites for hydroxylation is 1. The fourth-order valence-electron chi connectivity index (χ4n) is 2.24. The number of ketones is 1. The van der Waals surface area contributed by atoms with E-state index in [4.69, 9.17) is 16.3 Å². The lowest BCUT2D eigenvalue weighted by atomic mass is 10.0. The Kier molecular flexibility index (Phi) is 6.38. The molecule has 0 fully saturated rings. The van der Waals surface area contributed by atoms with Gasteiger partial charge in [-0.05, 0) is 49.6 Å². The van der Waals surface area contributed by atoms with Crippen molar-refractivity contribution in [2.24, 2.45) is 0 Å². The highest BCUT2D eigenvalue weighted by atomic mass is 35.5. The van der Waals surface area contributed by atoms with E-state index in [2.05, 4.69) is 5.32 Å². The van der Waals surface area contributed by atoms with E-state index in [-0.39, 0.29) is 18.3 Å². The first-order valence-corrected chi connectivity index (χ1v) is 8.06. The molecule has 5 heteroatoms. The minimum atomic E-state index is -0.560. The number of Topliss-reactive ketones (excluding diaryl/α,β-unsaturated/α-hetero) is 1. The lowest BCUT2D eigenvalue weighted by molar-refractivity contribution is -0.128. The standard InChI is InChI=1S/C19H20ClNO3/c1-13-10-16(8-9-17(13)20)24-12-19(23)21-18(14(2)22)11-15-6-4-3-5-7-15/h3-10,18H,11-12H2,1-2H3,(H,21,23)/t18-/m1/s1. The summed E-state index contributed by atoms with van der Waals surface area (Å²) in [5.41, 5.74) is 1.87. The quantitative estimate of drug-likeness (QED) is 0.837. The summed E-state index contributed by atoms with van der Waals surface area (Å²) in [5, 5.41) is 3.37. The number of hydrogen-bond donors (Lipinski definition) is 1. The topological polar surface area (TPSA) is 55.4 Å². The summed E-state index contributed by atoms with van der Waals surface area (Å²) in [6.45, 7) is 3.18. The van der Waals surface area contributed by atoms with E-state index < -0.39 is 6.04 Å². The first-order chi connectivity index (χ1) is 11.5. The molecule has 0 saturated heterocycles. The van der Waals surface area contributed by atoms with E-state index in [1.54, 1.807) is 18.2 Å². The lowest BCUT2D eigenvalue weighted by Crippen LogP contribution is -2.43. The Balaban J connectivity index is 1.90. The molecule has 126 valence electrons. The van der Waals surface area contributed by atoms with Gasteiger partial charge < -0.3 is 10.1 Å². The average Bonchev–Trinajstić information content (AvgIpc) is 2.56. The number of ether oxygens (including phenoxy) is 1. The van der Waals surface area contributed by atoms with E-state index in [1.807, 2.05) is 37.3 Å². The number of hydrogen-bond acceptors (Lipinski definition) is 3. The van der Waals surface area contributed by atoms with Crippen LogP contribution in [0, 0.1) is 6.92 Å². The van der Waals surface area contributed by atoms with Crippen molar-refractivity contribution in [2.75, 3.05) is 6.61 Å². The van der Waals surface area contributed by atoms with E-state index in [1.165, 1.54) is 6.92 Å². The van der Waals surface area contributed by atoms with Gasteiger partial charge in [0.25, 0.3) is 5.91 Å². The minimum absolute atomic E-state index is 0.0884. The normalized spacial score (nSPS) is 11.6. The molecule has 1 N–H and O–H groups in total. The van der Waals surface area contributed by atoms with Gasteiger partial charge in [0.2, 0.25) is 0 Å². The summed E-state index contributed by atoms with van der Waals surface area (Å²) < 4.78 is 5.45. The van der Waals surface area contributed by atoms with Crippen molar-refractivity contribution in [2.45, 2.75) is 26.3 Å². The summed E-state index contributed by atoms with van der Waals surface area (Å²) >= 11 is 5.95. The largest absolute Gasteiger partial charge is 0.484 e. The summed E-state index contributed by atoms with van der Waals surface area (Å²) in [6.07, 6.45) is 0.460. The maximum atomic E-state index is 12.1. The highest BCUT2D eigenvalue weighted by Gasteiger charge is 2.17. The third kappa shape index (κ3) is 5.39. The van der Waals surface area contributed by atoms with Crippen LogP contribution < -0.4 is 10.1 Å². The summed E-state index contributed by atoms with van der Waals surface area (Å²) in [5.74, 6) is 0.141. The number of halogens is 1. The van der Waals surface area contributed by atoms with Gasteiger partial charge in [-0.2, -0.15) is 0 Å². The Morgan fingerprint density at radius 3 is 2.50 bits per heavy atom. The number of benzene rings is 2. The molecule has 0 unspecified atom stereocenters. The second-order valence-electron chi connectivity index (χ2n) is 5.62. The Morgan fingerprint density at radius 2 is 1.88 bits per heavy atom. The third-order valence-electron chi connectivity index (χ3n) is 3.61. The Morgan fingerprint density at radius 1 is 1.17 bits per heavy atom. The lowest BCUT2D eigenvalue weighted by Gasteiger charge is -2.16. The van der Waals surface area contributed by atoms with Crippen LogP contribution in [0.4, 0.5) is 0 Å². The van der Waals surface area contributed by atoms with Crippen molar-refractivity contribution in [1.82, 2.24) is 5.32 Å². The number of amides is 1. The van der Waals surface area contributed by atoms with Crippen LogP contribution in [0.1, 0.15) is 18.1 Å². The molecule has 2 aromatic carbocycles. The number of rotatable bonds is 7. The van der Waals surface area contributed by atoms with Crippen molar-refractivity contribution < 1.29 is 14.3 Å². The molecule has 0 aliphatic carbocycles. The van der Waals surface area contributed by atoms with Crippen LogP contribution in [0.3, 0.4) is 0 Å². The van der Waals surface area contributed by atoms with E-state index >= 15 is 0 Å². The van der Waals surface area contributed by atoms with Crippen molar-refractivity contribution in [3.8, 4) is 5.75 Å². The van der Waals surface area contributed by atoms with Gasteiger partial charge in [0.05, 0.1) is 6.04 Å². The van der Waals surface area contributed by atoms with Gasteiger partial charge in [-0.1, -0.05) is 41.9 Å². The predicted octanol–water partition coefficient (Wildman–Crippen LogP) is 3.34. The Hall–Kier alpha value is -2.33. The summed E-state index contributed by atoms with van der Waals surface area (Å²) in [4.78, 5) is 23.8. The molecule has 0 bridgehead atoms. The van der Waals surface area contributed by atoms with Gasteiger partial charge >= 0.3 is 0 Å². The number of nitrogens with one attached hydrogen (secondary N) is 1. The zero-order chi connectivity index (χ0) is 17.5. The van der Waals surface area contributed by atoms with Crippen LogP contribution >= 0.6 is 11.6 Å². The molecule has 1 amide bonds. The molecular formula is C19H20ClNO3. The smallest absolute Gasteiger partial charge is 0.258 e. The average molecular weight is 346 g/mol. The third-order valence-corrected chi connectivity index (χ3v) is 4.03. The summed E-state index contributed by atoms with van der Waals surface area (Å²) in [7, 11) is 0. The van der Waals surface area contributed by atoms with E-state index in [9.17, 15) is 9.59 Å². The van der Waals surface area contributed by atoms with Gasteiger partial charge in [0.1, 0.15) is 5.75 Å². The minimum Gasteiger partial charge on any atom is -0.484 e. The van der Waals surface area contributed by atoms with Crippen molar-refractivity contribution in [3.05, 3.63) is 64.7 Å². The first-order valence-electron chi connectivity index (χ1n) is 7.68. The van der Waals surface area contributed by atoms with Gasteiger partial charge in [0, 0.05) is 5.02 Å². The monoisotopic (exact) mass is 345 g/mol. The van der Waals surface area contributed by atoms with Gasteiger partial charge in [-0.3, -0.25) is 9.59 Å².